The van der Waals surface area contributed by atoms with Crippen molar-refractivity contribution in [3.63, 3.8) is 0 Å². The van der Waals surface area contributed by atoms with Crippen molar-refractivity contribution in [2.75, 3.05) is 5.32 Å². The molecule has 1 amide bonds. The second-order valence-electron chi connectivity index (χ2n) is 8.27. The molecule has 1 aliphatic carbocycles. The average molecular weight is 468 g/mol. The standard InChI is InChI=1S/C25H26FN3O3S/c1-17-24(18(2)29(28-17)21-11-7-19(26)8-12-21)15-16-25(30)27-20-9-13-23(14-10-20)33(31,32)22-5-3-4-6-22/h7-16,22H,3-6H2,1-2H3,(H,27,30)/b16-15+. The summed E-state index contributed by atoms with van der Waals surface area (Å²) in [5.41, 5.74) is 3.61. The summed E-state index contributed by atoms with van der Waals surface area (Å²) in [4.78, 5) is 12.7. The number of carbonyl (C=O) groups excluding carboxylic acids is 1. The van der Waals surface area contributed by atoms with Gasteiger partial charge in [-0.1, -0.05) is 12.8 Å². The molecule has 172 valence electrons. The third-order valence-corrected chi connectivity index (χ3v) is 8.29. The molecule has 0 bridgehead atoms. The summed E-state index contributed by atoms with van der Waals surface area (Å²) in [5.74, 6) is -0.657. The summed E-state index contributed by atoms with van der Waals surface area (Å²) in [6.07, 6.45) is 6.42. The lowest BCUT2D eigenvalue weighted by Gasteiger charge is -2.11. The van der Waals surface area contributed by atoms with E-state index in [1.807, 2.05) is 13.8 Å². The molecule has 3 aromatic rings. The van der Waals surface area contributed by atoms with Gasteiger partial charge >= 0.3 is 0 Å². The zero-order valence-electron chi connectivity index (χ0n) is 18.6. The van der Waals surface area contributed by atoms with Crippen molar-refractivity contribution < 1.29 is 17.6 Å². The monoisotopic (exact) mass is 467 g/mol. The highest BCUT2D eigenvalue weighted by molar-refractivity contribution is 7.92. The zero-order chi connectivity index (χ0) is 23.6. The minimum Gasteiger partial charge on any atom is -0.323 e. The van der Waals surface area contributed by atoms with E-state index in [1.54, 1.807) is 47.2 Å². The van der Waals surface area contributed by atoms with E-state index in [1.165, 1.54) is 18.2 Å². The zero-order valence-corrected chi connectivity index (χ0v) is 19.4. The number of aromatic nitrogens is 2. The van der Waals surface area contributed by atoms with Gasteiger partial charge in [-0.15, -0.1) is 0 Å². The van der Waals surface area contributed by atoms with Crippen molar-refractivity contribution in [1.82, 2.24) is 9.78 Å². The Bertz CT molecular complexity index is 1290. The number of anilines is 1. The van der Waals surface area contributed by atoms with Crippen LogP contribution in [-0.4, -0.2) is 29.4 Å². The fourth-order valence-electron chi connectivity index (χ4n) is 4.19. The number of nitrogens with one attached hydrogen (secondary N) is 1. The Kier molecular flexibility index (Phi) is 6.47. The first-order valence-electron chi connectivity index (χ1n) is 10.9. The lowest BCUT2D eigenvalue weighted by atomic mass is 10.2. The summed E-state index contributed by atoms with van der Waals surface area (Å²) in [6, 6.07) is 12.4. The summed E-state index contributed by atoms with van der Waals surface area (Å²) in [5, 5.41) is 6.94. The van der Waals surface area contributed by atoms with Crippen LogP contribution in [0.2, 0.25) is 0 Å². The number of halogens is 1. The van der Waals surface area contributed by atoms with Crippen LogP contribution in [0, 0.1) is 19.7 Å². The van der Waals surface area contributed by atoms with Gasteiger partial charge in [-0.2, -0.15) is 5.10 Å². The maximum absolute atomic E-state index is 13.2. The van der Waals surface area contributed by atoms with E-state index < -0.39 is 9.84 Å². The van der Waals surface area contributed by atoms with Crippen molar-refractivity contribution in [2.45, 2.75) is 49.7 Å². The van der Waals surface area contributed by atoms with Crippen molar-refractivity contribution in [3.8, 4) is 5.69 Å². The number of carbonyl (C=O) groups is 1. The highest BCUT2D eigenvalue weighted by Crippen LogP contribution is 2.30. The molecule has 33 heavy (non-hydrogen) atoms. The Morgan fingerprint density at radius 2 is 1.70 bits per heavy atom. The van der Waals surface area contributed by atoms with Crippen LogP contribution in [0.5, 0.6) is 0 Å². The highest BCUT2D eigenvalue weighted by Gasteiger charge is 2.30. The van der Waals surface area contributed by atoms with E-state index in [-0.39, 0.29) is 17.0 Å². The molecular formula is C25H26FN3O3S. The second kappa shape index (κ2) is 9.31. The summed E-state index contributed by atoms with van der Waals surface area (Å²) >= 11 is 0. The number of amides is 1. The third-order valence-electron chi connectivity index (χ3n) is 6.01. The van der Waals surface area contributed by atoms with Crippen LogP contribution in [0.15, 0.2) is 59.5 Å². The quantitative estimate of drug-likeness (QED) is 0.518. The van der Waals surface area contributed by atoms with Gasteiger partial charge in [0, 0.05) is 23.0 Å². The van der Waals surface area contributed by atoms with Crippen LogP contribution >= 0.6 is 0 Å². The second-order valence-corrected chi connectivity index (χ2v) is 10.5. The fourth-order valence-corrected chi connectivity index (χ4v) is 6.05. The van der Waals surface area contributed by atoms with Gasteiger partial charge < -0.3 is 5.32 Å². The Morgan fingerprint density at radius 1 is 1.06 bits per heavy atom. The molecule has 8 heteroatoms. The molecule has 1 fully saturated rings. The predicted octanol–water partition coefficient (Wildman–Crippen LogP) is 5.00. The largest absolute Gasteiger partial charge is 0.323 e. The topological polar surface area (TPSA) is 81.1 Å². The third kappa shape index (κ3) is 4.90. The van der Waals surface area contributed by atoms with Gasteiger partial charge in [-0.05, 0) is 81.3 Å². The van der Waals surface area contributed by atoms with Gasteiger partial charge in [0.2, 0.25) is 5.91 Å². The number of benzene rings is 2. The molecule has 0 aliphatic heterocycles. The van der Waals surface area contributed by atoms with E-state index in [9.17, 15) is 17.6 Å². The number of hydrogen-bond acceptors (Lipinski definition) is 4. The van der Waals surface area contributed by atoms with Crippen molar-refractivity contribution in [1.29, 1.82) is 0 Å². The first-order valence-corrected chi connectivity index (χ1v) is 12.5. The minimum atomic E-state index is -3.32. The maximum Gasteiger partial charge on any atom is 0.248 e. The first kappa shape index (κ1) is 22.9. The van der Waals surface area contributed by atoms with E-state index in [0.717, 1.165) is 35.5 Å². The van der Waals surface area contributed by atoms with Gasteiger partial charge in [0.15, 0.2) is 9.84 Å². The molecule has 0 radical (unpaired) electrons. The van der Waals surface area contributed by atoms with Gasteiger partial charge in [0.25, 0.3) is 0 Å². The normalized spacial score (nSPS) is 14.8. The van der Waals surface area contributed by atoms with E-state index in [4.69, 9.17) is 0 Å². The summed E-state index contributed by atoms with van der Waals surface area (Å²) < 4.78 is 40.3. The van der Waals surface area contributed by atoms with Gasteiger partial charge in [-0.3, -0.25) is 4.79 Å². The Labute approximate surface area is 193 Å². The predicted molar refractivity (Wildman–Crippen MR) is 127 cm³/mol. The van der Waals surface area contributed by atoms with Gasteiger partial charge in [0.1, 0.15) is 5.82 Å². The number of hydrogen-bond donors (Lipinski definition) is 1. The molecule has 0 saturated heterocycles. The van der Waals surface area contributed by atoms with Crippen LogP contribution in [0.25, 0.3) is 11.8 Å². The molecule has 1 N–H and O–H groups in total. The molecule has 1 aliphatic rings. The van der Waals surface area contributed by atoms with Gasteiger partial charge in [-0.25, -0.2) is 17.5 Å². The number of aryl methyl sites for hydroxylation is 1. The lowest BCUT2D eigenvalue weighted by molar-refractivity contribution is -0.111. The molecule has 1 aromatic heterocycles. The Balaban J connectivity index is 1.45. The highest BCUT2D eigenvalue weighted by atomic mass is 32.2. The summed E-state index contributed by atoms with van der Waals surface area (Å²) in [7, 11) is -3.32. The van der Waals surface area contributed by atoms with Crippen molar-refractivity contribution in [3.05, 3.63) is 77.4 Å². The molecular weight excluding hydrogens is 441 g/mol. The smallest absolute Gasteiger partial charge is 0.248 e. The molecule has 0 spiro atoms. The fraction of sp³-hybridized carbons (Fsp3) is 0.280. The molecule has 0 atom stereocenters. The van der Waals surface area contributed by atoms with Crippen LogP contribution in [0.1, 0.15) is 42.6 Å². The first-order chi connectivity index (χ1) is 15.8. The SMILES string of the molecule is Cc1nn(-c2ccc(F)cc2)c(C)c1/C=C/C(=O)Nc1ccc(S(=O)(=O)C2CCCC2)cc1. The van der Waals surface area contributed by atoms with Crippen LogP contribution < -0.4 is 5.32 Å². The Hall–Kier alpha value is -3.26. The lowest BCUT2D eigenvalue weighted by Crippen LogP contribution is -2.17. The summed E-state index contributed by atoms with van der Waals surface area (Å²) in [6.45, 7) is 3.72. The van der Waals surface area contributed by atoms with E-state index >= 15 is 0 Å². The molecule has 0 unspecified atom stereocenters. The molecule has 4 rings (SSSR count). The van der Waals surface area contributed by atoms with E-state index in [2.05, 4.69) is 10.4 Å². The van der Waals surface area contributed by atoms with Gasteiger partial charge in [0.05, 0.1) is 21.5 Å². The average Bonchev–Trinajstić information content (AvgIpc) is 3.43. The van der Waals surface area contributed by atoms with Crippen LogP contribution in [0.3, 0.4) is 0 Å². The Morgan fingerprint density at radius 3 is 2.33 bits per heavy atom. The minimum absolute atomic E-state index is 0.294. The van der Waals surface area contributed by atoms with Crippen LogP contribution in [0.4, 0.5) is 10.1 Å². The number of rotatable bonds is 6. The van der Waals surface area contributed by atoms with Crippen molar-refractivity contribution >= 4 is 27.5 Å². The number of nitrogens with zero attached hydrogens (tertiary/aromatic N) is 2. The molecule has 2 aromatic carbocycles. The van der Waals surface area contributed by atoms with E-state index in [0.29, 0.717) is 23.4 Å². The molecule has 1 saturated carbocycles. The van der Waals surface area contributed by atoms with Crippen LogP contribution in [-0.2, 0) is 14.6 Å². The molecule has 1 heterocycles. The van der Waals surface area contributed by atoms with Crippen molar-refractivity contribution in [2.24, 2.45) is 0 Å². The molecule has 6 nitrogen and oxygen atoms in total. The number of sulfone groups is 1. The maximum atomic E-state index is 13.2.